The van der Waals surface area contributed by atoms with E-state index >= 15 is 0 Å². The van der Waals surface area contributed by atoms with Crippen LogP contribution < -0.4 is 16.4 Å². The largest absolute Gasteiger partial charge is 0.508 e. The Morgan fingerprint density at radius 3 is 2.12 bits per heavy atom. The monoisotopic (exact) mass is 367 g/mol. The molecule has 10 heteroatoms. The predicted molar refractivity (Wildman–Crippen MR) is 89.2 cm³/mol. The van der Waals surface area contributed by atoms with Crippen molar-refractivity contribution in [2.45, 2.75) is 37.9 Å². The van der Waals surface area contributed by atoms with E-state index in [9.17, 15) is 29.4 Å². The van der Waals surface area contributed by atoms with Crippen molar-refractivity contribution in [2.24, 2.45) is 5.73 Å². The smallest absolute Gasteiger partial charge is 0.326 e. The van der Waals surface area contributed by atoms with Gasteiger partial charge in [-0.05, 0) is 24.6 Å². The molecule has 0 aliphatic carbocycles. The standard InChI is InChI=1S/C16H21N3O7/c1-8(18-15(24)11(17)7-13(21)22)14(23)19-12(16(25)26)6-9-2-4-10(20)5-3-9/h2-5,8,11-12,20H,6-7,17H2,1H3,(H,18,24)(H,19,23)(H,21,22)(H,25,26)/t8-,11-,12-/m0/s1. The summed E-state index contributed by atoms with van der Waals surface area (Å²) in [7, 11) is 0. The van der Waals surface area contributed by atoms with Crippen molar-refractivity contribution in [3.8, 4) is 5.75 Å². The molecule has 0 aliphatic rings. The lowest BCUT2D eigenvalue weighted by Gasteiger charge is -2.20. The van der Waals surface area contributed by atoms with Crippen LogP contribution in [0.15, 0.2) is 24.3 Å². The van der Waals surface area contributed by atoms with E-state index in [1.165, 1.54) is 31.2 Å². The third-order valence-corrected chi connectivity index (χ3v) is 3.47. The van der Waals surface area contributed by atoms with Crippen LogP contribution in [0.1, 0.15) is 18.9 Å². The van der Waals surface area contributed by atoms with Crippen molar-refractivity contribution in [3.63, 3.8) is 0 Å². The Balaban J connectivity index is 2.65. The molecule has 0 heterocycles. The number of carboxylic acids is 2. The van der Waals surface area contributed by atoms with E-state index in [1.54, 1.807) is 0 Å². The summed E-state index contributed by atoms with van der Waals surface area (Å²) in [4.78, 5) is 45.7. The molecule has 0 unspecified atom stereocenters. The Kier molecular flexibility index (Phi) is 7.53. The maximum atomic E-state index is 12.1. The molecule has 2 amide bonds. The van der Waals surface area contributed by atoms with Gasteiger partial charge in [0, 0.05) is 6.42 Å². The number of carbonyl (C=O) groups excluding carboxylic acids is 2. The summed E-state index contributed by atoms with van der Waals surface area (Å²) in [5, 5.41) is 31.6. The van der Waals surface area contributed by atoms with Gasteiger partial charge in [-0.1, -0.05) is 12.1 Å². The summed E-state index contributed by atoms with van der Waals surface area (Å²) in [6.45, 7) is 1.32. The van der Waals surface area contributed by atoms with Crippen LogP contribution in [0.25, 0.3) is 0 Å². The first-order valence-electron chi connectivity index (χ1n) is 7.69. The molecule has 0 saturated carbocycles. The van der Waals surface area contributed by atoms with Crippen LogP contribution in [0.4, 0.5) is 0 Å². The lowest BCUT2D eigenvalue weighted by Crippen LogP contribution is -2.53. The number of carbonyl (C=O) groups is 4. The van der Waals surface area contributed by atoms with E-state index in [2.05, 4.69) is 10.6 Å². The number of amides is 2. The highest BCUT2D eigenvalue weighted by Gasteiger charge is 2.26. The van der Waals surface area contributed by atoms with Gasteiger partial charge < -0.3 is 31.7 Å². The van der Waals surface area contributed by atoms with Gasteiger partial charge in [-0.15, -0.1) is 0 Å². The van der Waals surface area contributed by atoms with Gasteiger partial charge in [0.05, 0.1) is 12.5 Å². The highest BCUT2D eigenvalue weighted by atomic mass is 16.4. The molecule has 0 radical (unpaired) electrons. The number of nitrogens with one attached hydrogen (secondary N) is 2. The summed E-state index contributed by atoms with van der Waals surface area (Å²) >= 11 is 0. The zero-order valence-electron chi connectivity index (χ0n) is 14.0. The molecule has 7 N–H and O–H groups in total. The van der Waals surface area contributed by atoms with Gasteiger partial charge in [0.1, 0.15) is 17.8 Å². The lowest BCUT2D eigenvalue weighted by atomic mass is 10.1. The van der Waals surface area contributed by atoms with E-state index in [1.807, 2.05) is 0 Å². The molecule has 10 nitrogen and oxygen atoms in total. The van der Waals surface area contributed by atoms with Crippen LogP contribution in [0.2, 0.25) is 0 Å². The average molecular weight is 367 g/mol. The Bertz CT molecular complexity index is 675. The molecular weight excluding hydrogens is 346 g/mol. The summed E-state index contributed by atoms with van der Waals surface area (Å²) in [6.07, 6.45) is -0.626. The second-order valence-corrected chi connectivity index (χ2v) is 5.70. The fraction of sp³-hybridized carbons (Fsp3) is 0.375. The third kappa shape index (κ3) is 6.77. The number of phenolic OH excluding ortho intramolecular Hbond substituents is 1. The zero-order chi connectivity index (χ0) is 19.9. The number of rotatable bonds is 9. The van der Waals surface area contributed by atoms with Gasteiger partial charge in [0.2, 0.25) is 11.8 Å². The molecule has 0 bridgehead atoms. The molecule has 26 heavy (non-hydrogen) atoms. The normalized spacial score (nSPS) is 13.9. The highest BCUT2D eigenvalue weighted by Crippen LogP contribution is 2.11. The van der Waals surface area contributed by atoms with Crippen molar-refractivity contribution in [1.29, 1.82) is 0 Å². The van der Waals surface area contributed by atoms with Gasteiger partial charge in [-0.25, -0.2) is 4.79 Å². The maximum Gasteiger partial charge on any atom is 0.326 e. The van der Waals surface area contributed by atoms with E-state index in [-0.39, 0.29) is 12.2 Å². The second kappa shape index (κ2) is 9.37. The van der Waals surface area contributed by atoms with Gasteiger partial charge in [-0.2, -0.15) is 0 Å². The SMILES string of the molecule is C[C@H](NC(=O)[C@@H](N)CC(=O)O)C(=O)N[C@@H](Cc1ccc(O)cc1)C(=O)O. The first kappa shape index (κ1) is 20.9. The first-order valence-corrected chi connectivity index (χ1v) is 7.69. The predicted octanol–water partition coefficient (Wildman–Crippen LogP) is -1.19. The number of nitrogens with two attached hydrogens (primary N) is 1. The molecule has 0 saturated heterocycles. The molecule has 1 rings (SSSR count). The van der Waals surface area contributed by atoms with Crippen LogP contribution in [0, 0.1) is 0 Å². The van der Waals surface area contributed by atoms with Crippen LogP contribution in [0.5, 0.6) is 5.75 Å². The van der Waals surface area contributed by atoms with Crippen LogP contribution >= 0.6 is 0 Å². The minimum atomic E-state index is -1.32. The molecule has 1 aromatic rings. The summed E-state index contributed by atoms with van der Waals surface area (Å²) in [5.41, 5.74) is 5.97. The third-order valence-electron chi connectivity index (χ3n) is 3.47. The molecule has 0 fully saturated rings. The molecule has 0 aliphatic heterocycles. The number of carboxylic acid groups (broad SMARTS) is 2. The minimum Gasteiger partial charge on any atom is -0.508 e. The fourth-order valence-electron chi connectivity index (χ4n) is 2.03. The van der Waals surface area contributed by atoms with Crippen molar-refractivity contribution in [2.75, 3.05) is 0 Å². The van der Waals surface area contributed by atoms with Crippen molar-refractivity contribution >= 4 is 23.8 Å². The fourth-order valence-corrected chi connectivity index (χ4v) is 2.03. The Morgan fingerprint density at radius 2 is 1.62 bits per heavy atom. The Morgan fingerprint density at radius 1 is 1.04 bits per heavy atom. The van der Waals surface area contributed by atoms with E-state index < -0.39 is 48.3 Å². The van der Waals surface area contributed by atoms with E-state index in [4.69, 9.17) is 10.8 Å². The van der Waals surface area contributed by atoms with Crippen molar-refractivity contribution < 1.29 is 34.5 Å². The zero-order valence-corrected chi connectivity index (χ0v) is 14.0. The number of phenols is 1. The lowest BCUT2D eigenvalue weighted by molar-refractivity contribution is -0.142. The molecule has 3 atom stereocenters. The Hall–Kier alpha value is -3.14. The number of hydrogen-bond donors (Lipinski definition) is 6. The average Bonchev–Trinajstić information content (AvgIpc) is 2.55. The van der Waals surface area contributed by atoms with Crippen LogP contribution in [0.3, 0.4) is 0 Å². The van der Waals surface area contributed by atoms with Gasteiger partial charge >= 0.3 is 11.9 Å². The molecule has 142 valence electrons. The molecule has 0 spiro atoms. The van der Waals surface area contributed by atoms with Crippen LogP contribution in [-0.4, -0.2) is 57.2 Å². The topological polar surface area (TPSA) is 179 Å². The summed E-state index contributed by atoms with van der Waals surface area (Å²) in [5.74, 6) is -4.09. The van der Waals surface area contributed by atoms with Gasteiger partial charge in [0.15, 0.2) is 0 Å². The molecule has 0 aromatic heterocycles. The molecule has 1 aromatic carbocycles. The number of aliphatic carboxylic acids is 2. The second-order valence-electron chi connectivity index (χ2n) is 5.70. The Labute approximate surface area is 149 Å². The first-order chi connectivity index (χ1) is 12.1. The molecular formula is C16H21N3O7. The summed E-state index contributed by atoms with van der Waals surface area (Å²) < 4.78 is 0. The summed E-state index contributed by atoms with van der Waals surface area (Å²) in [6, 6.07) is 2.14. The highest BCUT2D eigenvalue weighted by molar-refractivity contribution is 5.92. The number of benzene rings is 1. The van der Waals surface area contributed by atoms with Gasteiger partial charge in [0.25, 0.3) is 0 Å². The van der Waals surface area contributed by atoms with Crippen LogP contribution in [-0.2, 0) is 25.6 Å². The van der Waals surface area contributed by atoms with E-state index in [0.29, 0.717) is 5.56 Å². The van der Waals surface area contributed by atoms with E-state index in [0.717, 1.165) is 0 Å². The minimum absolute atomic E-state index is 0.0266. The number of hydrogen-bond acceptors (Lipinski definition) is 6. The maximum absolute atomic E-state index is 12.1. The number of aromatic hydroxyl groups is 1. The van der Waals surface area contributed by atoms with Crippen molar-refractivity contribution in [1.82, 2.24) is 10.6 Å². The quantitative estimate of drug-likeness (QED) is 0.315. The van der Waals surface area contributed by atoms with Gasteiger partial charge in [-0.3, -0.25) is 14.4 Å². The van der Waals surface area contributed by atoms with Crippen molar-refractivity contribution in [3.05, 3.63) is 29.8 Å².